The van der Waals surface area contributed by atoms with E-state index in [1.54, 1.807) is 0 Å². The van der Waals surface area contributed by atoms with Crippen LogP contribution in [0.25, 0.3) is 0 Å². The van der Waals surface area contributed by atoms with Crippen molar-refractivity contribution in [2.45, 2.75) is 19.3 Å². The number of hydrogen-bond donors (Lipinski definition) is 2. The van der Waals surface area contributed by atoms with Crippen LogP contribution in [0.5, 0.6) is 0 Å². The zero-order chi connectivity index (χ0) is 9.40. The Balaban J connectivity index is 3.01. The van der Waals surface area contributed by atoms with Gasteiger partial charge >= 0.3 is 11.9 Å². The third-order valence-electron chi connectivity index (χ3n) is 1.14. The second-order valence-electron chi connectivity index (χ2n) is 2.25. The average molecular weight is 192 g/mol. The highest BCUT2D eigenvalue weighted by Gasteiger charge is 1.98. The average Bonchev–Trinajstić information content (AvgIpc) is 1.95. The Labute approximate surface area is 75.0 Å². The molecule has 0 rings (SSSR count). The summed E-state index contributed by atoms with van der Waals surface area (Å²) >= 11 is 1.48. The summed E-state index contributed by atoms with van der Waals surface area (Å²) in [5.41, 5.74) is 0. The Morgan fingerprint density at radius 1 is 1.00 bits per heavy atom. The van der Waals surface area contributed by atoms with Gasteiger partial charge < -0.3 is 10.2 Å². The summed E-state index contributed by atoms with van der Waals surface area (Å²) in [6.45, 7) is 0. The van der Waals surface area contributed by atoms with Gasteiger partial charge in [0.1, 0.15) is 0 Å². The first kappa shape index (κ1) is 11.3. The Morgan fingerprint density at radius 3 is 2.08 bits per heavy atom. The number of rotatable bonds is 7. The molecule has 0 aromatic heterocycles. The molecule has 4 nitrogen and oxygen atoms in total. The molecule has 12 heavy (non-hydrogen) atoms. The lowest BCUT2D eigenvalue weighted by Crippen LogP contribution is -1.98. The van der Waals surface area contributed by atoms with Gasteiger partial charge in [-0.15, -0.1) is 0 Å². The van der Waals surface area contributed by atoms with Crippen molar-refractivity contribution in [3.05, 3.63) is 0 Å². The fourth-order valence-corrected chi connectivity index (χ4v) is 1.46. The number of carboxylic acid groups (broad SMARTS) is 2. The maximum atomic E-state index is 10.0. The van der Waals surface area contributed by atoms with E-state index < -0.39 is 11.9 Å². The molecule has 0 saturated heterocycles. The van der Waals surface area contributed by atoms with Crippen molar-refractivity contribution in [3.8, 4) is 0 Å². The van der Waals surface area contributed by atoms with Crippen molar-refractivity contribution in [1.29, 1.82) is 0 Å². The van der Waals surface area contributed by atoms with Crippen LogP contribution in [0.4, 0.5) is 0 Å². The van der Waals surface area contributed by atoms with Gasteiger partial charge in [0.2, 0.25) is 0 Å². The standard InChI is InChI=1S/C7H12O4S/c8-6(9)2-1-4-12-5-3-7(10)11/h1-5H2,(H,8,9)(H,10,11). The van der Waals surface area contributed by atoms with Gasteiger partial charge in [0, 0.05) is 12.2 Å². The van der Waals surface area contributed by atoms with E-state index in [9.17, 15) is 9.59 Å². The van der Waals surface area contributed by atoms with Crippen LogP contribution in [-0.2, 0) is 9.59 Å². The van der Waals surface area contributed by atoms with E-state index in [1.165, 1.54) is 11.8 Å². The molecule has 0 unspecified atom stereocenters. The van der Waals surface area contributed by atoms with Crippen LogP contribution in [0.3, 0.4) is 0 Å². The van der Waals surface area contributed by atoms with Crippen LogP contribution in [0.2, 0.25) is 0 Å². The van der Waals surface area contributed by atoms with Crippen molar-refractivity contribution in [2.75, 3.05) is 11.5 Å². The van der Waals surface area contributed by atoms with Crippen molar-refractivity contribution in [3.63, 3.8) is 0 Å². The predicted octanol–water partition coefficient (Wildman–Crippen LogP) is 1.06. The first-order chi connectivity index (χ1) is 5.63. The van der Waals surface area contributed by atoms with Crippen LogP contribution in [-0.4, -0.2) is 33.7 Å². The van der Waals surface area contributed by atoms with Crippen molar-refractivity contribution in [1.82, 2.24) is 0 Å². The third-order valence-corrected chi connectivity index (χ3v) is 2.21. The SMILES string of the molecule is O=C(O)CCCSCCC(=O)O. The maximum absolute atomic E-state index is 10.0. The fraction of sp³-hybridized carbons (Fsp3) is 0.714. The van der Waals surface area contributed by atoms with Gasteiger partial charge in [-0.05, 0) is 12.2 Å². The third kappa shape index (κ3) is 9.29. The molecule has 0 fully saturated rings. The molecule has 0 aliphatic carbocycles. The molecule has 0 amide bonds. The molecule has 0 atom stereocenters. The largest absolute Gasteiger partial charge is 0.481 e. The van der Waals surface area contributed by atoms with Crippen molar-refractivity contribution >= 4 is 23.7 Å². The number of hydrogen-bond acceptors (Lipinski definition) is 3. The maximum Gasteiger partial charge on any atom is 0.304 e. The van der Waals surface area contributed by atoms with Gasteiger partial charge in [-0.2, -0.15) is 11.8 Å². The topological polar surface area (TPSA) is 74.6 Å². The minimum atomic E-state index is -0.805. The van der Waals surface area contributed by atoms with Crippen molar-refractivity contribution < 1.29 is 19.8 Å². The molecule has 0 bridgehead atoms. The van der Waals surface area contributed by atoms with Crippen LogP contribution >= 0.6 is 11.8 Å². The first-order valence-electron chi connectivity index (χ1n) is 3.64. The molecule has 0 aromatic carbocycles. The van der Waals surface area contributed by atoms with Gasteiger partial charge in [-0.25, -0.2) is 0 Å². The first-order valence-corrected chi connectivity index (χ1v) is 4.79. The lowest BCUT2D eigenvalue weighted by Gasteiger charge is -1.96. The van der Waals surface area contributed by atoms with E-state index in [2.05, 4.69) is 0 Å². The van der Waals surface area contributed by atoms with Crippen molar-refractivity contribution in [2.24, 2.45) is 0 Å². The van der Waals surface area contributed by atoms with Gasteiger partial charge in [-0.3, -0.25) is 9.59 Å². The summed E-state index contributed by atoms with van der Waals surface area (Å²) in [5.74, 6) is -0.316. The molecule has 0 spiro atoms. The molecule has 70 valence electrons. The smallest absolute Gasteiger partial charge is 0.304 e. The highest BCUT2D eigenvalue weighted by Crippen LogP contribution is 2.05. The van der Waals surface area contributed by atoms with E-state index in [0.29, 0.717) is 12.2 Å². The highest BCUT2D eigenvalue weighted by atomic mass is 32.2. The monoisotopic (exact) mass is 192 g/mol. The molecule has 5 heteroatoms. The Bertz CT molecular complexity index is 139. The molecule has 0 heterocycles. The predicted molar refractivity (Wildman–Crippen MR) is 46.4 cm³/mol. The summed E-state index contributed by atoms with van der Waals surface area (Å²) in [6.07, 6.45) is 0.928. The number of carboxylic acids is 2. The van der Waals surface area contributed by atoms with Crippen LogP contribution in [0, 0.1) is 0 Å². The quantitative estimate of drug-likeness (QED) is 0.590. The molecule has 0 aliphatic heterocycles. The van der Waals surface area contributed by atoms with Gasteiger partial charge in [-0.1, -0.05) is 0 Å². The number of carbonyl (C=O) groups is 2. The summed E-state index contributed by atoms with van der Waals surface area (Å²) in [4.78, 5) is 20.1. The zero-order valence-corrected chi connectivity index (χ0v) is 7.47. The van der Waals surface area contributed by atoms with Gasteiger partial charge in [0.25, 0.3) is 0 Å². The van der Waals surface area contributed by atoms with E-state index in [4.69, 9.17) is 10.2 Å². The lowest BCUT2D eigenvalue weighted by atomic mass is 10.3. The van der Waals surface area contributed by atoms with Crippen LogP contribution in [0.1, 0.15) is 19.3 Å². The second kappa shape index (κ2) is 6.97. The Hall–Kier alpha value is -0.710. The molecule has 0 aromatic rings. The summed E-state index contributed by atoms with van der Waals surface area (Å²) < 4.78 is 0. The molecule has 0 radical (unpaired) electrons. The Morgan fingerprint density at radius 2 is 1.58 bits per heavy atom. The number of thioether (sulfide) groups is 1. The second-order valence-corrected chi connectivity index (χ2v) is 3.48. The van der Waals surface area contributed by atoms with E-state index in [1.807, 2.05) is 0 Å². The minimum absolute atomic E-state index is 0.151. The van der Waals surface area contributed by atoms with E-state index in [-0.39, 0.29) is 12.8 Å². The molecule has 2 N–H and O–H groups in total. The zero-order valence-electron chi connectivity index (χ0n) is 6.65. The fourth-order valence-electron chi connectivity index (χ4n) is 0.587. The van der Waals surface area contributed by atoms with E-state index in [0.717, 1.165) is 5.75 Å². The molecule has 0 saturated carbocycles. The van der Waals surface area contributed by atoms with Gasteiger partial charge in [0.15, 0.2) is 0 Å². The number of aliphatic carboxylic acids is 2. The summed E-state index contributed by atoms with van der Waals surface area (Å²) in [6, 6.07) is 0. The molecular weight excluding hydrogens is 180 g/mol. The Kier molecular flexibility index (Phi) is 6.55. The van der Waals surface area contributed by atoms with Gasteiger partial charge in [0.05, 0.1) is 6.42 Å². The summed E-state index contributed by atoms with van der Waals surface area (Å²) in [5, 5.41) is 16.5. The molecular formula is C7H12O4S. The van der Waals surface area contributed by atoms with Crippen LogP contribution in [0.15, 0.2) is 0 Å². The highest BCUT2D eigenvalue weighted by molar-refractivity contribution is 7.99. The molecule has 0 aliphatic rings. The normalized spacial score (nSPS) is 9.67. The van der Waals surface area contributed by atoms with Crippen LogP contribution < -0.4 is 0 Å². The minimum Gasteiger partial charge on any atom is -0.481 e. The summed E-state index contributed by atoms with van der Waals surface area (Å²) in [7, 11) is 0. The van der Waals surface area contributed by atoms with E-state index >= 15 is 0 Å². The lowest BCUT2D eigenvalue weighted by molar-refractivity contribution is -0.137.